The highest BCUT2D eigenvalue weighted by Gasteiger charge is 2.27. The topological polar surface area (TPSA) is 123 Å². The fourth-order valence-corrected chi connectivity index (χ4v) is 4.44. The lowest BCUT2D eigenvalue weighted by atomic mass is 10.1. The average molecular weight is 496 g/mol. The molecule has 7 rings (SSSR count). The molecule has 3 aromatic rings. The van der Waals surface area contributed by atoms with Gasteiger partial charge in [0.15, 0.2) is 0 Å². The molecule has 11 heteroatoms. The number of aromatic amines is 1. The third-order valence-electron chi connectivity index (χ3n) is 5.94. The number of nitrogen functional groups attached to an aromatic ring is 1. The van der Waals surface area contributed by atoms with Crippen molar-refractivity contribution < 1.29 is 18.9 Å². The van der Waals surface area contributed by atoms with E-state index >= 15 is 0 Å². The van der Waals surface area contributed by atoms with Gasteiger partial charge >= 0.3 is 0 Å². The summed E-state index contributed by atoms with van der Waals surface area (Å²) in [5.41, 5.74) is 9.23. The summed E-state index contributed by atoms with van der Waals surface area (Å²) >= 11 is 0. The number of anilines is 3. The van der Waals surface area contributed by atoms with Crippen LogP contribution < -0.4 is 34.5 Å². The van der Waals surface area contributed by atoms with Gasteiger partial charge in [0.05, 0.1) is 31.9 Å². The van der Waals surface area contributed by atoms with E-state index in [-0.39, 0.29) is 14.9 Å². The Kier molecular flexibility index (Phi) is 7.37. The molecule has 0 atom stereocenters. The number of rotatable bonds is 2. The third-order valence-corrected chi connectivity index (χ3v) is 5.94. The van der Waals surface area contributed by atoms with Crippen molar-refractivity contribution in [3.63, 3.8) is 0 Å². The molecular weight excluding hydrogens is 462 g/mol. The van der Waals surface area contributed by atoms with Gasteiger partial charge < -0.3 is 39.5 Å². The minimum Gasteiger partial charge on any atom is -0.489 e. The molecule has 4 aliphatic heterocycles. The quantitative estimate of drug-likeness (QED) is 0.392. The monoisotopic (exact) mass is 495 g/mol. The van der Waals surface area contributed by atoms with E-state index < -0.39 is 0 Å². The van der Waals surface area contributed by atoms with Crippen LogP contribution >= 0.6 is 0 Å². The fourth-order valence-electron chi connectivity index (χ4n) is 4.44. The summed E-state index contributed by atoms with van der Waals surface area (Å²) in [5, 5.41) is 8.20. The third kappa shape index (κ3) is 4.81. The first-order valence-electron chi connectivity index (χ1n) is 11.3. The number of nitrogens with two attached hydrogens (primary N) is 1. The number of hydrogen-bond acceptors (Lipinski definition) is 10. The van der Waals surface area contributed by atoms with Crippen LogP contribution in [0.25, 0.3) is 0 Å². The SMILES string of the molecule is C.C.Nc1cc2c3c(c1)OCCN3CCO2.c1c[nH]c(N=Nc2cc3c4c(c2)OCCN4CCO3)n1. The largest absolute Gasteiger partial charge is 0.489 e. The Morgan fingerprint density at radius 2 is 1.19 bits per heavy atom. The lowest BCUT2D eigenvalue weighted by Gasteiger charge is -2.36. The molecule has 0 unspecified atom stereocenters. The number of azo groups is 1. The summed E-state index contributed by atoms with van der Waals surface area (Å²) < 4.78 is 22.5. The molecule has 0 fully saturated rings. The normalized spacial score (nSPS) is 16.3. The van der Waals surface area contributed by atoms with Crippen molar-refractivity contribution in [2.24, 2.45) is 10.2 Å². The summed E-state index contributed by atoms with van der Waals surface area (Å²) in [7, 11) is 0. The van der Waals surface area contributed by atoms with Crippen molar-refractivity contribution in [1.29, 1.82) is 0 Å². The molecule has 1 aromatic heterocycles. The molecule has 5 heterocycles. The second-order valence-corrected chi connectivity index (χ2v) is 8.14. The van der Waals surface area contributed by atoms with E-state index in [9.17, 15) is 0 Å². The maximum atomic E-state index is 5.75. The van der Waals surface area contributed by atoms with Gasteiger partial charge in [-0.15, -0.1) is 10.2 Å². The van der Waals surface area contributed by atoms with Crippen molar-refractivity contribution in [2.45, 2.75) is 14.9 Å². The van der Waals surface area contributed by atoms with E-state index in [4.69, 9.17) is 24.7 Å². The van der Waals surface area contributed by atoms with E-state index in [2.05, 4.69) is 30.0 Å². The predicted octanol–water partition coefficient (Wildman–Crippen LogP) is 4.55. The maximum Gasteiger partial charge on any atom is 0.246 e. The Balaban J connectivity index is 0.000000169. The summed E-state index contributed by atoms with van der Waals surface area (Å²) in [4.78, 5) is 11.4. The molecule has 0 aliphatic carbocycles. The Hall–Kier alpha value is -4.15. The first kappa shape index (κ1) is 25.0. The fraction of sp³-hybridized carbons (Fsp3) is 0.400. The molecule has 4 aliphatic rings. The van der Waals surface area contributed by atoms with E-state index in [1.165, 1.54) is 0 Å². The van der Waals surface area contributed by atoms with Crippen LogP contribution in [0.4, 0.5) is 28.7 Å². The average Bonchev–Trinajstić information content (AvgIpc) is 3.38. The van der Waals surface area contributed by atoms with Crippen molar-refractivity contribution in [3.8, 4) is 23.0 Å². The lowest BCUT2D eigenvalue weighted by Crippen LogP contribution is -2.39. The van der Waals surface area contributed by atoms with Gasteiger partial charge in [-0.05, 0) is 0 Å². The van der Waals surface area contributed by atoms with Gasteiger partial charge in [0.1, 0.15) is 60.8 Å². The molecular formula is C25H33N7O4. The highest BCUT2D eigenvalue weighted by atomic mass is 16.5. The zero-order chi connectivity index (χ0) is 22.9. The van der Waals surface area contributed by atoms with Gasteiger partial charge in [-0.25, -0.2) is 4.98 Å². The summed E-state index contributed by atoms with van der Waals surface area (Å²) in [5.74, 6) is 3.79. The Bertz CT molecular complexity index is 1150. The molecule has 36 heavy (non-hydrogen) atoms. The van der Waals surface area contributed by atoms with Gasteiger partial charge in [0.2, 0.25) is 5.95 Å². The zero-order valence-electron chi connectivity index (χ0n) is 18.6. The van der Waals surface area contributed by atoms with Crippen LogP contribution in [0.3, 0.4) is 0 Å². The standard InChI is InChI=1S/C13H13N5O2.C10H12N2O2.2CH4/c1-2-15-13(14-1)17-16-9-7-10-12-11(8-9)20-6-4-18(12)3-5-19-10;11-7-5-8-10-9(6-7)14-4-2-12(10)1-3-13-8;;/h1-2,7-8H,3-6H2,(H,14,15);5-6H,1-4,11H2;2*1H4. The van der Waals surface area contributed by atoms with Crippen LogP contribution in [0, 0.1) is 0 Å². The van der Waals surface area contributed by atoms with E-state index in [0.717, 1.165) is 73.8 Å². The van der Waals surface area contributed by atoms with Crippen molar-refractivity contribution in [1.82, 2.24) is 9.97 Å². The zero-order valence-corrected chi connectivity index (χ0v) is 18.6. The molecule has 2 aromatic carbocycles. The number of ether oxygens (including phenoxy) is 4. The number of benzene rings is 2. The van der Waals surface area contributed by atoms with Gasteiger partial charge in [-0.3, -0.25) is 0 Å². The maximum absolute atomic E-state index is 5.75. The molecule has 0 saturated carbocycles. The van der Waals surface area contributed by atoms with Gasteiger partial charge in [-0.1, -0.05) is 14.9 Å². The minimum atomic E-state index is 0. The highest BCUT2D eigenvalue weighted by molar-refractivity contribution is 5.75. The number of imidazole rings is 1. The Labute approximate surface area is 210 Å². The summed E-state index contributed by atoms with van der Waals surface area (Å²) in [6.07, 6.45) is 3.34. The van der Waals surface area contributed by atoms with Crippen LogP contribution in [0.5, 0.6) is 23.0 Å². The van der Waals surface area contributed by atoms with Crippen LogP contribution in [-0.4, -0.2) is 62.6 Å². The Morgan fingerprint density at radius 3 is 1.64 bits per heavy atom. The second-order valence-electron chi connectivity index (χ2n) is 8.14. The summed E-state index contributed by atoms with van der Waals surface area (Å²) in [6, 6.07) is 7.48. The van der Waals surface area contributed by atoms with Crippen molar-refractivity contribution in [3.05, 3.63) is 36.7 Å². The minimum absolute atomic E-state index is 0. The number of aromatic nitrogens is 2. The predicted molar refractivity (Wildman–Crippen MR) is 140 cm³/mol. The van der Waals surface area contributed by atoms with Crippen LogP contribution in [-0.2, 0) is 0 Å². The smallest absolute Gasteiger partial charge is 0.246 e. The van der Waals surface area contributed by atoms with Gasteiger partial charge in [0.25, 0.3) is 0 Å². The highest BCUT2D eigenvalue weighted by Crippen LogP contribution is 2.45. The molecule has 11 nitrogen and oxygen atoms in total. The number of nitrogens with zero attached hydrogens (tertiary/aromatic N) is 5. The van der Waals surface area contributed by atoms with Crippen LogP contribution in [0.1, 0.15) is 14.9 Å². The lowest BCUT2D eigenvalue weighted by molar-refractivity contribution is 0.263. The van der Waals surface area contributed by atoms with Gasteiger partial charge in [0, 0.05) is 42.3 Å². The van der Waals surface area contributed by atoms with Gasteiger partial charge in [-0.2, -0.15) is 0 Å². The molecule has 0 spiro atoms. The number of nitrogens with one attached hydrogen (secondary N) is 1. The molecule has 0 saturated heterocycles. The van der Waals surface area contributed by atoms with E-state index in [1.54, 1.807) is 12.4 Å². The van der Waals surface area contributed by atoms with Crippen molar-refractivity contribution >= 4 is 28.7 Å². The second kappa shape index (κ2) is 10.6. The molecule has 0 bridgehead atoms. The molecule has 0 radical (unpaired) electrons. The van der Waals surface area contributed by atoms with E-state index in [1.807, 2.05) is 24.3 Å². The van der Waals surface area contributed by atoms with Crippen LogP contribution in [0.2, 0.25) is 0 Å². The van der Waals surface area contributed by atoms with E-state index in [0.29, 0.717) is 30.5 Å². The van der Waals surface area contributed by atoms with Crippen LogP contribution in [0.15, 0.2) is 46.9 Å². The number of H-pyrrole nitrogens is 1. The Morgan fingerprint density at radius 1 is 0.722 bits per heavy atom. The molecule has 3 N–H and O–H groups in total. The van der Waals surface area contributed by atoms with Crippen molar-refractivity contribution in [2.75, 3.05) is 68.1 Å². The summed E-state index contributed by atoms with van der Waals surface area (Å²) in [6.45, 7) is 6.51. The number of hydrogen-bond donors (Lipinski definition) is 2. The molecule has 0 amide bonds. The molecule has 192 valence electrons. The first-order valence-corrected chi connectivity index (χ1v) is 11.3. The first-order chi connectivity index (χ1) is 16.7.